The molecule has 1 N–H and O–H groups in total. The van der Waals surface area contributed by atoms with Crippen LogP contribution in [0.4, 0.5) is 0 Å². The summed E-state index contributed by atoms with van der Waals surface area (Å²) in [4.78, 5) is 0. The third-order valence-electron chi connectivity index (χ3n) is 3.66. The van der Waals surface area contributed by atoms with Crippen molar-refractivity contribution in [2.45, 2.75) is 20.3 Å². The monoisotopic (exact) mass is 276 g/mol. The lowest BCUT2D eigenvalue weighted by Crippen LogP contribution is -1.97. The minimum atomic E-state index is 0.216. The van der Waals surface area contributed by atoms with Gasteiger partial charge >= 0.3 is 0 Å². The van der Waals surface area contributed by atoms with E-state index in [9.17, 15) is 5.11 Å². The maximum atomic E-state index is 10.5. The lowest BCUT2D eigenvalue weighted by Gasteiger charge is -2.17. The van der Waals surface area contributed by atoms with Crippen LogP contribution < -0.4 is 14.2 Å². The molecule has 4 nitrogen and oxygen atoms in total. The zero-order valence-electron chi connectivity index (χ0n) is 12.5. The Labute approximate surface area is 118 Å². The van der Waals surface area contributed by atoms with Gasteiger partial charge in [-0.1, -0.05) is 6.92 Å². The van der Waals surface area contributed by atoms with E-state index in [1.807, 2.05) is 13.0 Å². The van der Waals surface area contributed by atoms with E-state index in [2.05, 4.69) is 6.92 Å². The van der Waals surface area contributed by atoms with Gasteiger partial charge in [-0.2, -0.15) is 0 Å². The normalized spacial score (nSPS) is 10.7. The molecule has 0 bridgehead atoms. The quantitative estimate of drug-likeness (QED) is 0.929. The Hall–Kier alpha value is -2.10. The Morgan fingerprint density at radius 2 is 1.65 bits per heavy atom. The van der Waals surface area contributed by atoms with Gasteiger partial charge in [0.1, 0.15) is 11.5 Å². The van der Waals surface area contributed by atoms with Gasteiger partial charge in [-0.05, 0) is 30.5 Å². The number of aromatic hydroxyl groups is 1. The van der Waals surface area contributed by atoms with Crippen LogP contribution in [0.3, 0.4) is 0 Å². The molecule has 0 heterocycles. The molecule has 0 fully saturated rings. The molecule has 0 aliphatic heterocycles. The predicted molar refractivity (Wildman–Crippen MR) is 79.4 cm³/mol. The Kier molecular flexibility index (Phi) is 3.93. The molecule has 0 aliphatic rings. The highest BCUT2D eigenvalue weighted by molar-refractivity contribution is 6.01. The molecule has 2 rings (SSSR count). The summed E-state index contributed by atoms with van der Waals surface area (Å²) in [5.74, 6) is 1.93. The summed E-state index contributed by atoms with van der Waals surface area (Å²) in [6, 6.07) is 3.81. The van der Waals surface area contributed by atoms with Crippen molar-refractivity contribution in [2.24, 2.45) is 0 Å². The molecule has 0 aliphatic carbocycles. The molecule has 0 unspecified atom stereocenters. The van der Waals surface area contributed by atoms with E-state index in [-0.39, 0.29) is 5.75 Å². The van der Waals surface area contributed by atoms with Gasteiger partial charge < -0.3 is 19.3 Å². The average Bonchev–Trinajstić information content (AvgIpc) is 2.48. The van der Waals surface area contributed by atoms with Gasteiger partial charge in [-0.25, -0.2) is 0 Å². The SMILES string of the molecule is CCc1cc2c(OC)cc(OC)c(OC)c2c(O)c1C. The number of benzene rings is 2. The van der Waals surface area contributed by atoms with Crippen LogP contribution in [0.15, 0.2) is 12.1 Å². The number of phenolic OH excluding ortho intramolecular Hbond substituents is 1. The number of methoxy groups -OCH3 is 3. The highest BCUT2D eigenvalue weighted by atomic mass is 16.5. The van der Waals surface area contributed by atoms with Crippen molar-refractivity contribution in [1.82, 2.24) is 0 Å². The lowest BCUT2D eigenvalue weighted by atomic mass is 9.97. The molecule has 0 amide bonds. The Balaban J connectivity index is 2.99. The van der Waals surface area contributed by atoms with Gasteiger partial charge in [-0.3, -0.25) is 0 Å². The molecule has 2 aromatic rings. The Morgan fingerprint density at radius 3 is 2.15 bits per heavy atom. The van der Waals surface area contributed by atoms with Crippen molar-refractivity contribution in [3.8, 4) is 23.0 Å². The van der Waals surface area contributed by atoms with Gasteiger partial charge in [0.25, 0.3) is 0 Å². The first-order chi connectivity index (χ1) is 9.58. The van der Waals surface area contributed by atoms with Crippen molar-refractivity contribution >= 4 is 10.8 Å². The van der Waals surface area contributed by atoms with Gasteiger partial charge in [-0.15, -0.1) is 0 Å². The Morgan fingerprint density at radius 1 is 1.00 bits per heavy atom. The van der Waals surface area contributed by atoms with E-state index < -0.39 is 0 Å². The van der Waals surface area contributed by atoms with Gasteiger partial charge in [0.05, 0.1) is 26.7 Å². The van der Waals surface area contributed by atoms with Crippen LogP contribution in [0.25, 0.3) is 10.8 Å². The fourth-order valence-corrected chi connectivity index (χ4v) is 2.52. The number of phenols is 1. The van der Waals surface area contributed by atoms with Crippen LogP contribution in [0.5, 0.6) is 23.0 Å². The molecule has 0 radical (unpaired) electrons. The molecular weight excluding hydrogens is 256 g/mol. The van der Waals surface area contributed by atoms with Crippen molar-refractivity contribution in [2.75, 3.05) is 21.3 Å². The zero-order chi connectivity index (χ0) is 14.9. The summed E-state index contributed by atoms with van der Waals surface area (Å²) < 4.78 is 16.2. The fraction of sp³-hybridized carbons (Fsp3) is 0.375. The maximum Gasteiger partial charge on any atom is 0.172 e. The van der Waals surface area contributed by atoms with Crippen LogP contribution in [-0.2, 0) is 6.42 Å². The summed E-state index contributed by atoms with van der Waals surface area (Å²) >= 11 is 0. The standard InChI is InChI=1S/C16H20O4/c1-6-10-7-11-12(18-3)8-13(19-4)16(20-5)14(11)15(17)9(10)2/h7-8,17H,6H2,1-5H3. The summed E-state index contributed by atoms with van der Waals surface area (Å²) in [5, 5.41) is 12.0. The van der Waals surface area contributed by atoms with E-state index in [0.29, 0.717) is 22.6 Å². The highest BCUT2D eigenvalue weighted by Crippen LogP contribution is 2.47. The number of hydrogen-bond donors (Lipinski definition) is 1. The van der Waals surface area contributed by atoms with Crippen molar-refractivity contribution in [1.29, 1.82) is 0 Å². The molecular formula is C16H20O4. The van der Waals surface area contributed by atoms with Crippen LogP contribution in [-0.4, -0.2) is 26.4 Å². The fourth-order valence-electron chi connectivity index (χ4n) is 2.52. The van der Waals surface area contributed by atoms with Crippen LogP contribution in [0.1, 0.15) is 18.1 Å². The maximum absolute atomic E-state index is 10.5. The molecule has 108 valence electrons. The van der Waals surface area contributed by atoms with E-state index in [1.54, 1.807) is 27.4 Å². The topological polar surface area (TPSA) is 47.9 Å². The number of fused-ring (bicyclic) bond motifs is 1. The molecule has 0 saturated heterocycles. The minimum absolute atomic E-state index is 0.216. The zero-order valence-corrected chi connectivity index (χ0v) is 12.5. The van der Waals surface area contributed by atoms with Gasteiger partial charge in [0.2, 0.25) is 0 Å². The minimum Gasteiger partial charge on any atom is -0.507 e. The highest BCUT2D eigenvalue weighted by Gasteiger charge is 2.20. The van der Waals surface area contributed by atoms with Crippen molar-refractivity contribution < 1.29 is 19.3 Å². The van der Waals surface area contributed by atoms with E-state index >= 15 is 0 Å². The molecule has 2 aromatic carbocycles. The van der Waals surface area contributed by atoms with E-state index in [0.717, 1.165) is 22.9 Å². The summed E-state index contributed by atoms with van der Waals surface area (Å²) in [7, 11) is 4.73. The predicted octanol–water partition coefficient (Wildman–Crippen LogP) is 3.44. The third kappa shape index (κ3) is 2.01. The lowest BCUT2D eigenvalue weighted by molar-refractivity contribution is 0.352. The van der Waals surface area contributed by atoms with E-state index in [1.165, 1.54) is 0 Å². The van der Waals surface area contributed by atoms with Crippen LogP contribution >= 0.6 is 0 Å². The largest absolute Gasteiger partial charge is 0.507 e. The molecule has 0 spiro atoms. The molecule has 0 atom stereocenters. The first kappa shape index (κ1) is 14.3. The first-order valence-electron chi connectivity index (χ1n) is 6.53. The first-order valence-corrected chi connectivity index (χ1v) is 6.53. The smallest absolute Gasteiger partial charge is 0.172 e. The Bertz CT molecular complexity index is 647. The van der Waals surface area contributed by atoms with Gasteiger partial charge in [0.15, 0.2) is 11.5 Å². The van der Waals surface area contributed by atoms with Crippen LogP contribution in [0, 0.1) is 6.92 Å². The average molecular weight is 276 g/mol. The third-order valence-corrected chi connectivity index (χ3v) is 3.66. The number of ether oxygens (including phenoxy) is 3. The molecule has 0 saturated carbocycles. The van der Waals surface area contributed by atoms with Crippen molar-refractivity contribution in [3.05, 3.63) is 23.3 Å². The number of aryl methyl sites for hydroxylation is 1. The summed E-state index contributed by atoms with van der Waals surface area (Å²) in [6.45, 7) is 3.96. The van der Waals surface area contributed by atoms with E-state index in [4.69, 9.17) is 14.2 Å². The molecule has 4 heteroatoms. The second-order valence-corrected chi connectivity index (χ2v) is 4.60. The summed E-state index contributed by atoms with van der Waals surface area (Å²) in [5.41, 5.74) is 1.94. The molecule has 0 aromatic heterocycles. The van der Waals surface area contributed by atoms with Gasteiger partial charge in [0, 0.05) is 11.5 Å². The van der Waals surface area contributed by atoms with Crippen molar-refractivity contribution in [3.63, 3.8) is 0 Å². The number of rotatable bonds is 4. The second kappa shape index (κ2) is 5.49. The second-order valence-electron chi connectivity index (χ2n) is 4.60. The van der Waals surface area contributed by atoms with Crippen LogP contribution in [0.2, 0.25) is 0 Å². The summed E-state index contributed by atoms with van der Waals surface area (Å²) in [6.07, 6.45) is 0.840. The molecule has 20 heavy (non-hydrogen) atoms. The number of hydrogen-bond acceptors (Lipinski definition) is 4.